The molecule has 0 radical (unpaired) electrons. The van der Waals surface area contributed by atoms with Crippen LogP contribution in [0, 0.1) is 5.41 Å². The number of halogens is 1. The van der Waals surface area contributed by atoms with Crippen molar-refractivity contribution in [3.05, 3.63) is 34.3 Å². The van der Waals surface area contributed by atoms with E-state index >= 15 is 0 Å². The third-order valence-corrected chi connectivity index (χ3v) is 4.23. The summed E-state index contributed by atoms with van der Waals surface area (Å²) in [6.45, 7) is 6.42. The zero-order valence-electron chi connectivity index (χ0n) is 12.1. The molecule has 0 aromatic heterocycles. The summed E-state index contributed by atoms with van der Waals surface area (Å²) in [5.74, 6) is 0. The van der Waals surface area contributed by atoms with E-state index in [2.05, 4.69) is 31.3 Å². The highest BCUT2D eigenvalue weighted by Crippen LogP contribution is 2.33. The second-order valence-electron chi connectivity index (χ2n) is 6.22. The second-order valence-corrected chi connectivity index (χ2v) is 6.66. The van der Waals surface area contributed by atoms with Crippen LogP contribution in [-0.2, 0) is 11.2 Å². The van der Waals surface area contributed by atoms with E-state index in [0.717, 1.165) is 31.0 Å². The third-order valence-electron chi connectivity index (χ3n) is 3.99. The van der Waals surface area contributed by atoms with E-state index in [0.29, 0.717) is 6.04 Å². The maximum Gasteiger partial charge on any atom is 0.0467 e. The van der Waals surface area contributed by atoms with E-state index in [1.54, 1.807) is 7.11 Å². The number of rotatable bonds is 6. The summed E-state index contributed by atoms with van der Waals surface area (Å²) in [5, 5.41) is 4.55. The van der Waals surface area contributed by atoms with Crippen LogP contribution in [0.4, 0.5) is 0 Å². The molecule has 1 aliphatic rings. The standard InChI is InChI=1S/C16H24ClNO/c1-16(2,8-9-19-3)11-18-15-7-4-12-10-13(17)5-6-14(12)15/h5-6,10,15,18H,4,7-9,11H2,1-3H3. The fraction of sp³-hybridized carbons (Fsp3) is 0.625. The molecule has 19 heavy (non-hydrogen) atoms. The summed E-state index contributed by atoms with van der Waals surface area (Å²) in [4.78, 5) is 0. The van der Waals surface area contributed by atoms with Gasteiger partial charge in [0.2, 0.25) is 0 Å². The first kappa shape index (κ1) is 14.8. The number of hydrogen-bond donors (Lipinski definition) is 1. The molecular formula is C16H24ClNO. The van der Waals surface area contributed by atoms with Crippen LogP contribution in [0.2, 0.25) is 5.02 Å². The van der Waals surface area contributed by atoms with Crippen molar-refractivity contribution in [1.82, 2.24) is 5.32 Å². The molecule has 2 nitrogen and oxygen atoms in total. The minimum atomic E-state index is 0.269. The lowest BCUT2D eigenvalue weighted by Gasteiger charge is -2.27. The number of hydrogen-bond acceptors (Lipinski definition) is 2. The fourth-order valence-corrected chi connectivity index (χ4v) is 2.86. The number of benzene rings is 1. The Labute approximate surface area is 121 Å². The largest absolute Gasteiger partial charge is 0.385 e. The Kier molecular flexibility index (Phi) is 4.88. The van der Waals surface area contributed by atoms with Crippen molar-refractivity contribution in [3.63, 3.8) is 0 Å². The van der Waals surface area contributed by atoms with Gasteiger partial charge in [0.15, 0.2) is 0 Å². The zero-order chi connectivity index (χ0) is 13.9. The molecule has 0 bridgehead atoms. The van der Waals surface area contributed by atoms with Gasteiger partial charge in [0, 0.05) is 31.3 Å². The minimum absolute atomic E-state index is 0.269. The lowest BCUT2D eigenvalue weighted by molar-refractivity contribution is 0.149. The lowest BCUT2D eigenvalue weighted by Crippen LogP contribution is -2.32. The lowest BCUT2D eigenvalue weighted by atomic mass is 9.89. The van der Waals surface area contributed by atoms with Gasteiger partial charge in [0.25, 0.3) is 0 Å². The predicted octanol–water partition coefficient (Wildman–Crippen LogP) is 3.98. The molecule has 106 valence electrons. The Bertz CT molecular complexity index is 431. The molecule has 0 spiro atoms. The molecule has 1 aromatic carbocycles. The Morgan fingerprint density at radius 3 is 2.95 bits per heavy atom. The van der Waals surface area contributed by atoms with E-state index in [1.807, 2.05) is 6.07 Å². The summed E-state index contributed by atoms with van der Waals surface area (Å²) >= 11 is 6.04. The van der Waals surface area contributed by atoms with Gasteiger partial charge in [-0.15, -0.1) is 0 Å². The van der Waals surface area contributed by atoms with Crippen LogP contribution in [0.5, 0.6) is 0 Å². The van der Waals surface area contributed by atoms with Gasteiger partial charge < -0.3 is 10.1 Å². The van der Waals surface area contributed by atoms with Crippen molar-refractivity contribution in [2.45, 2.75) is 39.2 Å². The molecule has 1 N–H and O–H groups in total. The van der Waals surface area contributed by atoms with Crippen LogP contribution in [0.1, 0.15) is 43.9 Å². The van der Waals surface area contributed by atoms with Gasteiger partial charge >= 0.3 is 0 Å². The third kappa shape index (κ3) is 3.95. The minimum Gasteiger partial charge on any atom is -0.385 e. The Morgan fingerprint density at radius 2 is 2.21 bits per heavy atom. The molecule has 1 atom stereocenters. The van der Waals surface area contributed by atoms with E-state index < -0.39 is 0 Å². The highest BCUT2D eigenvalue weighted by Gasteiger charge is 2.25. The molecular weight excluding hydrogens is 258 g/mol. The average Bonchev–Trinajstić information content (AvgIpc) is 2.76. The smallest absolute Gasteiger partial charge is 0.0467 e. The van der Waals surface area contributed by atoms with Crippen LogP contribution in [-0.4, -0.2) is 20.3 Å². The fourth-order valence-electron chi connectivity index (χ4n) is 2.66. The van der Waals surface area contributed by atoms with Gasteiger partial charge in [-0.05, 0) is 47.9 Å². The molecule has 0 amide bonds. The maximum atomic E-state index is 6.04. The summed E-state index contributed by atoms with van der Waals surface area (Å²) in [7, 11) is 1.76. The van der Waals surface area contributed by atoms with E-state index in [-0.39, 0.29) is 5.41 Å². The summed E-state index contributed by atoms with van der Waals surface area (Å²) < 4.78 is 5.18. The van der Waals surface area contributed by atoms with Gasteiger partial charge in [-0.25, -0.2) is 0 Å². The molecule has 1 aliphatic carbocycles. The number of fused-ring (bicyclic) bond motifs is 1. The first-order chi connectivity index (χ1) is 9.02. The van der Waals surface area contributed by atoms with Gasteiger partial charge in [0.05, 0.1) is 0 Å². The maximum absolute atomic E-state index is 6.04. The highest BCUT2D eigenvalue weighted by atomic mass is 35.5. The van der Waals surface area contributed by atoms with Crippen molar-refractivity contribution < 1.29 is 4.74 Å². The molecule has 0 saturated carbocycles. The first-order valence-corrected chi connectivity index (χ1v) is 7.40. The summed E-state index contributed by atoms with van der Waals surface area (Å²) in [6.07, 6.45) is 3.39. The predicted molar refractivity (Wildman–Crippen MR) is 80.8 cm³/mol. The quantitative estimate of drug-likeness (QED) is 0.852. The number of nitrogens with one attached hydrogen (secondary N) is 1. The second kappa shape index (κ2) is 6.25. The number of methoxy groups -OCH3 is 1. The monoisotopic (exact) mass is 281 g/mol. The van der Waals surface area contributed by atoms with Crippen LogP contribution in [0.25, 0.3) is 0 Å². The van der Waals surface area contributed by atoms with Gasteiger partial charge in [0.1, 0.15) is 0 Å². The van der Waals surface area contributed by atoms with Crippen molar-refractivity contribution >= 4 is 11.6 Å². The van der Waals surface area contributed by atoms with Crippen LogP contribution < -0.4 is 5.32 Å². The van der Waals surface area contributed by atoms with E-state index in [1.165, 1.54) is 17.5 Å². The Balaban J connectivity index is 1.92. The molecule has 3 heteroatoms. The normalized spacial score (nSPS) is 18.6. The van der Waals surface area contributed by atoms with Crippen LogP contribution in [0.15, 0.2) is 18.2 Å². The SMILES string of the molecule is COCCC(C)(C)CNC1CCc2cc(Cl)ccc21. The Morgan fingerprint density at radius 1 is 1.42 bits per heavy atom. The number of aryl methyl sites for hydroxylation is 1. The molecule has 0 aliphatic heterocycles. The number of ether oxygens (including phenoxy) is 1. The summed E-state index contributed by atoms with van der Waals surface area (Å²) in [5.41, 5.74) is 3.09. The highest BCUT2D eigenvalue weighted by molar-refractivity contribution is 6.30. The molecule has 2 rings (SSSR count). The van der Waals surface area contributed by atoms with Crippen molar-refractivity contribution in [1.29, 1.82) is 0 Å². The van der Waals surface area contributed by atoms with Gasteiger partial charge in [-0.2, -0.15) is 0 Å². The molecule has 1 aromatic rings. The molecule has 0 heterocycles. The van der Waals surface area contributed by atoms with Gasteiger partial charge in [-0.3, -0.25) is 0 Å². The van der Waals surface area contributed by atoms with E-state index in [4.69, 9.17) is 16.3 Å². The molecule has 1 unspecified atom stereocenters. The zero-order valence-corrected chi connectivity index (χ0v) is 12.9. The average molecular weight is 282 g/mol. The van der Waals surface area contributed by atoms with Crippen molar-refractivity contribution in [3.8, 4) is 0 Å². The van der Waals surface area contributed by atoms with E-state index in [9.17, 15) is 0 Å². The Hall–Kier alpha value is -0.570. The summed E-state index contributed by atoms with van der Waals surface area (Å²) in [6, 6.07) is 6.75. The first-order valence-electron chi connectivity index (χ1n) is 7.02. The van der Waals surface area contributed by atoms with Crippen LogP contribution in [0.3, 0.4) is 0 Å². The van der Waals surface area contributed by atoms with Crippen molar-refractivity contribution in [2.75, 3.05) is 20.3 Å². The molecule has 0 saturated heterocycles. The van der Waals surface area contributed by atoms with Crippen molar-refractivity contribution in [2.24, 2.45) is 5.41 Å². The molecule has 0 fully saturated rings. The van der Waals surface area contributed by atoms with Crippen LogP contribution >= 0.6 is 11.6 Å². The topological polar surface area (TPSA) is 21.3 Å². The van der Waals surface area contributed by atoms with Gasteiger partial charge in [-0.1, -0.05) is 31.5 Å².